The van der Waals surface area contributed by atoms with Crippen LogP contribution in [0.2, 0.25) is 0 Å². The van der Waals surface area contributed by atoms with Crippen LogP contribution in [-0.4, -0.2) is 18.1 Å². The number of amides is 1. The molecule has 1 aromatic carbocycles. The van der Waals surface area contributed by atoms with Crippen LogP contribution in [-0.2, 0) is 16.2 Å². The summed E-state index contributed by atoms with van der Waals surface area (Å²) >= 11 is 0. The van der Waals surface area contributed by atoms with Crippen molar-refractivity contribution < 1.29 is 9.63 Å². The van der Waals surface area contributed by atoms with Crippen molar-refractivity contribution >= 4 is 5.91 Å². The first-order valence-electron chi connectivity index (χ1n) is 5.11. The maximum Gasteiger partial charge on any atom is 0.249 e. The number of rotatable bonds is 4. The van der Waals surface area contributed by atoms with E-state index in [0.717, 1.165) is 18.4 Å². The Morgan fingerprint density at radius 1 is 1.53 bits per heavy atom. The van der Waals surface area contributed by atoms with E-state index in [9.17, 15) is 4.79 Å². The molecule has 1 saturated carbocycles. The molecule has 3 heteroatoms. The monoisotopic (exact) mass is 204 g/mol. The molecule has 1 fully saturated rings. The molecule has 15 heavy (non-hydrogen) atoms. The highest BCUT2D eigenvalue weighted by atomic mass is 16.7. The molecule has 0 spiro atoms. The molecule has 3 nitrogen and oxygen atoms in total. The Hall–Kier alpha value is -1.35. The second-order valence-electron chi connectivity index (χ2n) is 3.74. The average molecular weight is 204 g/mol. The molecule has 1 radical (unpaired) electrons. The largest absolute Gasteiger partial charge is 0.274 e. The van der Waals surface area contributed by atoms with Gasteiger partial charge >= 0.3 is 0 Å². The number of benzene rings is 1. The quantitative estimate of drug-likeness (QED) is 0.700. The van der Waals surface area contributed by atoms with Crippen molar-refractivity contribution in [3.8, 4) is 0 Å². The third-order valence-corrected chi connectivity index (χ3v) is 2.51. The van der Waals surface area contributed by atoms with Gasteiger partial charge in [-0.25, -0.2) is 5.06 Å². The van der Waals surface area contributed by atoms with E-state index in [-0.39, 0.29) is 11.8 Å². The van der Waals surface area contributed by atoms with Crippen LogP contribution in [0.25, 0.3) is 0 Å². The summed E-state index contributed by atoms with van der Waals surface area (Å²) in [5.74, 6) is 0.297. The summed E-state index contributed by atoms with van der Waals surface area (Å²) in [4.78, 5) is 16.8. The zero-order valence-corrected chi connectivity index (χ0v) is 8.77. The van der Waals surface area contributed by atoms with Crippen LogP contribution in [0.1, 0.15) is 18.4 Å². The molecule has 0 aromatic heterocycles. The molecule has 0 unspecified atom stereocenters. The summed E-state index contributed by atoms with van der Waals surface area (Å²) in [6, 6.07) is 10.5. The Morgan fingerprint density at radius 3 is 2.73 bits per heavy atom. The van der Waals surface area contributed by atoms with Crippen LogP contribution in [0.3, 0.4) is 0 Å². The second-order valence-corrected chi connectivity index (χ2v) is 3.74. The number of hydroxylamine groups is 2. The minimum atomic E-state index is 0.102. The van der Waals surface area contributed by atoms with E-state index in [1.165, 1.54) is 12.2 Å². The first kappa shape index (κ1) is 10.2. The zero-order chi connectivity index (χ0) is 10.7. The summed E-state index contributed by atoms with van der Waals surface area (Å²) in [5.41, 5.74) is 1.06. The van der Waals surface area contributed by atoms with Crippen molar-refractivity contribution in [2.24, 2.45) is 5.92 Å². The molecule has 1 aliphatic carbocycles. The van der Waals surface area contributed by atoms with E-state index < -0.39 is 0 Å². The lowest BCUT2D eigenvalue weighted by Gasteiger charge is -2.19. The Bertz CT molecular complexity index is 333. The smallest absolute Gasteiger partial charge is 0.249 e. The summed E-state index contributed by atoms with van der Waals surface area (Å²) in [7, 11) is 1.54. The lowest BCUT2D eigenvalue weighted by molar-refractivity contribution is -0.180. The van der Waals surface area contributed by atoms with Crippen molar-refractivity contribution in [3.63, 3.8) is 0 Å². The summed E-state index contributed by atoms with van der Waals surface area (Å²) in [6.45, 7) is 0.514. The molecular formula is C12H14NO2. The van der Waals surface area contributed by atoms with Crippen molar-refractivity contribution in [2.75, 3.05) is 7.11 Å². The molecule has 0 saturated heterocycles. The molecule has 2 rings (SSSR count). The van der Waals surface area contributed by atoms with Gasteiger partial charge in [-0.2, -0.15) is 0 Å². The van der Waals surface area contributed by atoms with Crippen LogP contribution in [0.5, 0.6) is 0 Å². The van der Waals surface area contributed by atoms with Crippen molar-refractivity contribution in [3.05, 3.63) is 35.9 Å². The van der Waals surface area contributed by atoms with Crippen LogP contribution in [0.4, 0.5) is 0 Å². The average Bonchev–Trinajstić information content (AvgIpc) is 3.10. The number of nitrogens with zero attached hydrogens (tertiary/aromatic N) is 1. The third kappa shape index (κ3) is 2.57. The first-order valence-corrected chi connectivity index (χ1v) is 5.11. The highest BCUT2D eigenvalue weighted by Gasteiger charge is 2.33. The molecule has 0 bridgehead atoms. The van der Waals surface area contributed by atoms with E-state index in [4.69, 9.17) is 4.84 Å². The van der Waals surface area contributed by atoms with Gasteiger partial charge in [-0.1, -0.05) is 24.3 Å². The minimum Gasteiger partial charge on any atom is -0.274 e. The lowest BCUT2D eigenvalue weighted by Crippen LogP contribution is -2.30. The second kappa shape index (κ2) is 4.45. The maximum atomic E-state index is 11.7. The predicted octanol–water partition coefficient (Wildman–Crippen LogP) is 1.79. The van der Waals surface area contributed by atoms with Gasteiger partial charge < -0.3 is 0 Å². The van der Waals surface area contributed by atoms with Gasteiger partial charge in [0.1, 0.15) is 0 Å². The van der Waals surface area contributed by atoms with Gasteiger partial charge in [0, 0.05) is 5.92 Å². The standard InChI is InChI=1S/C12H14NO2/c1-15-13(12(14)11-7-8-11)9-10-5-3-2-4-6-10/h3-6,11H,7-9H2,1H3. The molecular weight excluding hydrogens is 190 g/mol. The predicted molar refractivity (Wildman–Crippen MR) is 55.6 cm³/mol. The summed E-state index contributed by atoms with van der Waals surface area (Å²) in [6.07, 6.45) is 2.00. The first-order chi connectivity index (χ1) is 7.31. The highest BCUT2D eigenvalue weighted by Crippen LogP contribution is 2.31. The number of carbonyl (C=O) groups excluding carboxylic acids is 1. The topological polar surface area (TPSA) is 29.5 Å². The fraction of sp³-hybridized carbons (Fsp3) is 0.417. The van der Waals surface area contributed by atoms with Gasteiger partial charge in [-0.15, -0.1) is 0 Å². The van der Waals surface area contributed by atoms with Crippen LogP contribution >= 0.6 is 0 Å². The molecule has 1 aromatic rings. The Labute approximate surface area is 89.6 Å². The molecule has 0 atom stereocenters. The molecule has 0 aliphatic heterocycles. The Balaban J connectivity index is 1.98. The highest BCUT2D eigenvalue weighted by molar-refractivity contribution is 5.80. The fourth-order valence-electron chi connectivity index (χ4n) is 1.46. The summed E-state index contributed by atoms with van der Waals surface area (Å²) < 4.78 is 0. The summed E-state index contributed by atoms with van der Waals surface area (Å²) in [5, 5.41) is 1.44. The van der Waals surface area contributed by atoms with Gasteiger partial charge in [0.2, 0.25) is 5.91 Å². The molecule has 0 heterocycles. The van der Waals surface area contributed by atoms with Crippen molar-refractivity contribution in [2.45, 2.75) is 19.4 Å². The van der Waals surface area contributed by atoms with E-state index in [1.54, 1.807) is 0 Å². The van der Waals surface area contributed by atoms with Crippen LogP contribution in [0.15, 0.2) is 24.3 Å². The van der Waals surface area contributed by atoms with Crippen LogP contribution in [0, 0.1) is 12.0 Å². The van der Waals surface area contributed by atoms with E-state index in [2.05, 4.69) is 6.07 Å². The number of hydrogen-bond acceptors (Lipinski definition) is 2. The van der Waals surface area contributed by atoms with Gasteiger partial charge in [-0.3, -0.25) is 9.63 Å². The molecule has 1 aliphatic rings. The van der Waals surface area contributed by atoms with E-state index in [1.807, 2.05) is 24.3 Å². The van der Waals surface area contributed by atoms with Crippen molar-refractivity contribution in [1.29, 1.82) is 0 Å². The van der Waals surface area contributed by atoms with E-state index >= 15 is 0 Å². The lowest BCUT2D eigenvalue weighted by atomic mass is 10.2. The van der Waals surface area contributed by atoms with Gasteiger partial charge in [-0.05, 0) is 24.5 Å². The van der Waals surface area contributed by atoms with Crippen LogP contribution < -0.4 is 0 Å². The van der Waals surface area contributed by atoms with Crippen molar-refractivity contribution in [1.82, 2.24) is 5.06 Å². The molecule has 79 valence electrons. The number of carbonyl (C=O) groups is 1. The van der Waals surface area contributed by atoms with Gasteiger partial charge in [0.05, 0.1) is 13.7 Å². The normalized spacial score (nSPS) is 15.0. The Morgan fingerprint density at radius 2 is 2.20 bits per heavy atom. The molecule has 0 N–H and O–H groups in total. The number of hydrogen-bond donors (Lipinski definition) is 0. The van der Waals surface area contributed by atoms with Gasteiger partial charge in [0.15, 0.2) is 0 Å². The van der Waals surface area contributed by atoms with Gasteiger partial charge in [0.25, 0.3) is 0 Å². The minimum absolute atomic E-state index is 0.102. The third-order valence-electron chi connectivity index (χ3n) is 2.51. The fourth-order valence-corrected chi connectivity index (χ4v) is 1.46. The maximum absolute atomic E-state index is 11.7. The zero-order valence-electron chi connectivity index (χ0n) is 8.77. The Kier molecular flexibility index (Phi) is 3.02. The van der Waals surface area contributed by atoms with E-state index in [0.29, 0.717) is 6.54 Å². The SMILES string of the molecule is CON(Cc1cc[c]cc1)C(=O)C1CC1. The molecule has 1 amide bonds.